The standard InChI is InChI=1S/C22H33NO4/c1-4-7-10-17(5-2)16-25-14-9-13-23-22(24)20-15-18-11-8-12-19(26-6-3)21(18)27-20/h8,11-12,15,17H,4-7,9-10,13-14,16H2,1-3H3,(H,23,24). The summed E-state index contributed by atoms with van der Waals surface area (Å²) in [6, 6.07) is 7.41. The van der Waals surface area contributed by atoms with Gasteiger partial charge in [-0.2, -0.15) is 0 Å². The van der Waals surface area contributed by atoms with E-state index in [1.807, 2.05) is 25.1 Å². The number of amides is 1. The van der Waals surface area contributed by atoms with Crippen molar-refractivity contribution in [3.63, 3.8) is 0 Å². The predicted octanol–water partition coefficient (Wildman–Crippen LogP) is 5.18. The SMILES string of the molecule is CCCCC(CC)COCCCNC(=O)c1cc2cccc(OCC)c2o1. The van der Waals surface area contributed by atoms with Crippen LogP contribution in [0.2, 0.25) is 0 Å². The van der Waals surface area contributed by atoms with Gasteiger partial charge in [-0.1, -0.05) is 45.2 Å². The van der Waals surface area contributed by atoms with Gasteiger partial charge in [-0.05, 0) is 37.8 Å². The molecule has 0 fully saturated rings. The van der Waals surface area contributed by atoms with Crippen molar-refractivity contribution in [1.29, 1.82) is 0 Å². The van der Waals surface area contributed by atoms with E-state index in [4.69, 9.17) is 13.9 Å². The number of carbonyl (C=O) groups excluding carboxylic acids is 1. The van der Waals surface area contributed by atoms with Gasteiger partial charge in [-0.25, -0.2) is 0 Å². The Hall–Kier alpha value is -2.01. The zero-order chi connectivity index (χ0) is 19.5. The van der Waals surface area contributed by atoms with Gasteiger partial charge >= 0.3 is 0 Å². The van der Waals surface area contributed by atoms with Gasteiger partial charge in [0, 0.05) is 25.1 Å². The first-order chi connectivity index (χ1) is 13.2. The summed E-state index contributed by atoms with van der Waals surface area (Å²) in [5.74, 6) is 1.41. The van der Waals surface area contributed by atoms with E-state index in [0.717, 1.165) is 24.8 Å². The van der Waals surface area contributed by atoms with E-state index >= 15 is 0 Å². The van der Waals surface area contributed by atoms with Crippen LogP contribution in [0.5, 0.6) is 5.75 Å². The highest BCUT2D eigenvalue weighted by Gasteiger charge is 2.14. The molecule has 27 heavy (non-hydrogen) atoms. The summed E-state index contributed by atoms with van der Waals surface area (Å²) in [7, 11) is 0. The summed E-state index contributed by atoms with van der Waals surface area (Å²) >= 11 is 0. The normalized spacial score (nSPS) is 12.3. The van der Waals surface area contributed by atoms with Crippen molar-refractivity contribution in [2.24, 2.45) is 5.92 Å². The molecule has 0 aliphatic rings. The van der Waals surface area contributed by atoms with Crippen LogP contribution >= 0.6 is 0 Å². The molecule has 0 radical (unpaired) electrons. The molecule has 1 unspecified atom stereocenters. The summed E-state index contributed by atoms with van der Waals surface area (Å²) in [5.41, 5.74) is 0.616. The van der Waals surface area contributed by atoms with Crippen molar-refractivity contribution < 1.29 is 18.7 Å². The number of para-hydroxylation sites is 1. The smallest absolute Gasteiger partial charge is 0.287 e. The van der Waals surface area contributed by atoms with E-state index < -0.39 is 0 Å². The van der Waals surface area contributed by atoms with Crippen molar-refractivity contribution in [3.8, 4) is 5.75 Å². The number of unbranched alkanes of at least 4 members (excludes halogenated alkanes) is 1. The maximum absolute atomic E-state index is 12.3. The Morgan fingerprint density at radius 3 is 2.81 bits per heavy atom. The monoisotopic (exact) mass is 375 g/mol. The number of benzene rings is 1. The number of rotatable bonds is 13. The molecule has 0 saturated heterocycles. The lowest BCUT2D eigenvalue weighted by Gasteiger charge is -2.14. The molecule has 1 amide bonds. The highest BCUT2D eigenvalue weighted by atomic mass is 16.5. The van der Waals surface area contributed by atoms with Gasteiger partial charge in [0.15, 0.2) is 17.1 Å². The molecular weight excluding hydrogens is 342 g/mol. The fourth-order valence-electron chi connectivity index (χ4n) is 3.03. The number of ether oxygens (including phenoxy) is 2. The van der Waals surface area contributed by atoms with Crippen LogP contribution in [0.4, 0.5) is 0 Å². The van der Waals surface area contributed by atoms with Crippen LogP contribution in [0.15, 0.2) is 28.7 Å². The molecule has 2 aromatic rings. The fourth-order valence-corrected chi connectivity index (χ4v) is 3.03. The molecular formula is C22H33NO4. The maximum Gasteiger partial charge on any atom is 0.287 e. The van der Waals surface area contributed by atoms with Crippen LogP contribution in [0.1, 0.15) is 63.4 Å². The molecule has 5 nitrogen and oxygen atoms in total. The van der Waals surface area contributed by atoms with Crippen LogP contribution in [0, 0.1) is 5.92 Å². The molecule has 1 aromatic heterocycles. The molecule has 0 aliphatic carbocycles. The third-order valence-electron chi connectivity index (χ3n) is 4.68. The fraction of sp³-hybridized carbons (Fsp3) is 0.591. The molecule has 1 aromatic carbocycles. The van der Waals surface area contributed by atoms with Gasteiger partial charge < -0.3 is 19.2 Å². The Morgan fingerprint density at radius 1 is 1.22 bits per heavy atom. The van der Waals surface area contributed by atoms with Crippen LogP contribution in [0.3, 0.4) is 0 Å². The van der Waals surface area contributed by atoms with Gasteiger partial charge in [0.1, 0.15) is 0 Å². The Labute approximate surface area is 162 Å². The molecule has 1 atom stereocenters. The third kappa shape index (κ3) is 6.58. The van der Waals surface area contributed by atoms with Gasteiger partial charge in [0.05, 0.1) is 6.61 Å². The lowest BCUT2D eigenvalue weighted by molar-refractivity contribution is 0.0863. The number of fused-ring (bicyclic) bond motifs is 1. The maximum atomic E-state index is 12.3. The van der Waals surface area contributed by atoms with Gasteiger partial charge in [0.25, 0.3) is 5.91 Å². The molecule has 2 rings (SSSR count). The largest absolute Gasteiger partial charge is 0.490 e. The van der Waals surface area contributed by atoms with E-state index in [0.29, 0.717) is 42.8 Å². The van der Waals surface area contributed by atoms with Crippen LogP contribution < -0.4 is 10.1 Å². The van der Waals surface area contributed by atoms with E-state index in [1.54, 1.807) is 6.07 Å². The van der Waals surface area contributed by atoms with Crippen molar-refractivity contribution in [2.45, 2.75) is 52.9 Å². The van der Waals surface area contributed by atoms with E-state index in [9.17, 15) is 4.79 Å². The molecule has 1 heterocycles. The van der Waals surface area contributed by atoms with Crippen molar-refractivity contribution >= 4 is 16.9 Å². The molecule has 0 saturated carbocycles. The van der Waals surface area contributed by atoms with Gasteiger partial charge in [-0.3, -0.25) is 4.79 Å². The van der Waals surface area contributed by atoms with Crippen molar-refractivity contribution in [1.82, 2.24) is 5.32 Å². The van der Waals surface area contributed by atoms with Crippen LogP contribution in [-0.4, -0.2) is 32.3 Å². The first-order valence-corrected chi connectivity index (χ1v) is 10.2. The average Bonchev–Trinajstić information content (AvgIpc) is 3.12. The first kappa shape index (κ1) is 21.3. The second kappa shape index (κ2) is 11.7. The molecule has 1 N–H and O–H groups in total. The van der Waals surface area contributed by atoms with Gasteiger partial charge in [-0.15, -0.1) is 0 Å². The molecule has 0 bridgehead atoms. The zero-order valence-electron chi connectivity index (χ0n) is 16.9. The quantitative estimate of drug-likeness (QED) is 0.490. The Kier molecular flexibility index (Phi) is 9.19. The van der Waals surface area contributed by atoms with Gasteiger partial charge in [0.2, 0.25) is 0 Å². The predicted molar refractivity (Wildman–Crippen MR) is 108 cm³/mol. The summed E-state index contributed by atoms with van der Waals surface area (Å²) in [6.45, 7) is 8.96. The summed E-state index contributed by atoms with van der Waals surface area (Å²) < 4.78 is 17.0. The zero-order valence-corrected chi connectivity index (χ0v) is 16.9. The summed E-state index contributed by atoms with van der Waals surface area (Å²) in [4.78, 5) is 12.3. The molecule has 0 spiro atoms. The number of hydrogen-bond acceptors (Lipinski definition) is 4. The first-order valence-electron chi connectivity index (χ1n) is 10.2. The highest BCUT2D eigenvalue weighted by molar-refractivity contribution is 5.97. The molecule has 150 valence electrons. The number of carbonyl (C=O) groups is 1. The lowest BCUT2D eigenvalue weighted by Crippen LogP contribution is -2.25. The van der Waals surface area contributed by atoms with Crippen molar-refractivity contribution in [2.75, 3.05) is 26.4 Å². The minimum Gasteiger partial charge on any atom is -0.490 e. The minimum absolute atomic E-state index is 0.206. The molecule has 0 aliphatic heterocycles. The lowest BCUT2D eigenvalue weighted by atomic mass is 10.0. The minimum atomic E-state index is -0.206. The number of nitrogens with one attached hydrogen (secondary N) is 1. The van der Waals surface area contributed by atoms with E-state index in [1.165, 1.54) is 19.3 Å². The van der Waals surface area contributed by atoms with E-state index in [2.05, 4.69) is 19.2 Å². The summed E-state index contributed by atoms with van der Waals surface area (Å²) in [5, 5.41) is 3.76. The van der Waals surface area contributed by atoms with E-state index in [-0.39, 0.29) is 5.91 Å². The van der Waals surface area contributed by atoms with Crippen molar-refractivity contribution in [3.05, 3.63) is 30.0 Å². The highest BCUT2D eigenvalue weighted by Crippen LogP contribution is 2.28. The number of hydrogen-bond donors (Lipinski definition) is 1. The Morgan fingerprint density at radius 2 is 2.07 bits per heavy atom. The second-order valence-corrected chi connectivity index (χ2v) is 6.82. The Bertz CT molecular complexity index is 695. The van der Waals surface area contributed by atoms with Crippen LogP contribution in [0.25, 0.3) is 11.0 Å². The second-order valence-electron chi connectivity index (χ2n) is 6.82. The molecule has 5 heteroatoms. The number of furan rings is 1. The third-order valence-corrected chi connectivity index (χ3v) is 4.68. The Balaban J connectivity index is 1.73. The summed E-state index contributed by atoms with van der Waals surface area (Å²) in [6.07, 6.45) is 5.68. The average molecular weight is 376 g/mol. The van der Waals surface area contributed by atoms with Crippen LogP contribution in [-0.2, 0) is 4.74 Å². The topological polar surface area (TPSA) is 60.7 Å².